The summed E-state index contributed by atoms with van der Waals surface area (Å²) < 4.78 is 0. The molecule has 0 aromatic heterocycles. The van der Waals surface area contributed by atoms with E-state index in [0.717, 1.165) is 37.2 Å². The highest BCUT2D eigenvalue weighted by molar-refractivity contribution is 6.00. The van der Waals surface area contributed by atoms with Gasteiger partial charge in [-0.25, -0.2) is 0 Å². The van der Waals surface area contributed by atoms with Gasteiger partial charge in [-0.1, -0.05) is 18.2 Å². The average Bonchev–Trinajstić information content (AvgIpc) is 2.41. The molecule has 0 bridgehead atoms. The van der Waals surface area contributed by atoms with Gasteiger partial charge in [0.15, 0.2) is 5.78 Å². The number of nitrogens with zero attached hydrogens (tertiary/aromatic N) is 1. The monoisotopic (exact) mass is 260 g/mol. The molecule has 19 heavy (non-hydrogen) atoms. The minimum atomic E-state index is 0.0161. The van der Waals surface area contributed by atoms with E-state index in [2.05, 4.69) is 23.3 Å². The molecule has 1 spiro atoms. The Kier molecular flexibility index (Phi) is 4.25. The summed E-state index contributed by atoms with van der Waals surface area (Å²) in [5.41, 5.74) is 1.94. The van der Waals surface area contributed by atoms with Gasteiger partial charge in [-0.2, -0.15) is 0 Å². The van der Waals surface area contributed by atoms with Crippen LogP contribution in [-0.2, 0) is 4.79 Å². The van der Waals surface area contributed by atoms with Crippen LogP contribution >= 0.6 is 0 Å². The molecule has 2 heterocycles. The van der Waals surface area contributed by atoms with Crippen molar-refractivity contribution < 1.29 is 4.79 Å². The number of Topliss-reactive ketones (excluding diaryl/α,β-unsaturated/α-hetero) is 1. The maximum absolute atomic E-state index is 12.5. The Morgan fingerprint density at radius 2 is 1.79 bits per heavy atom. The van der Waals surface area contributed by atoms with Gasteiger partial charge in [-0.05, 0) is 45.9 Å². The van der Waals surface area contributed by atoms with E-state index in [1.54, 1.807) is 0 Å². The predicted octanol–water partition coefficient (Wildman–Crippen LogP) is 2.42. The fourth-order valence-electron chi connectivity index (χ4n) is 3.20. The maximum Gasteiger partial charge on any atom is 0.167 e. The van der Waals surface area contributed by atoms with Crippen LogP contribution in [0.4, 0.5) is 0 Å². The number of hydrogen-bond acceptors (Lipinski definition) is 3. The second kappa shape index (κ2) is 5.74. The molecule has 3 nitrogen and oxygen atoms in total. The summed E-state index contributed by atoms with van der Waals surface area (Å²) in [6.45, 7) is 5.96. The first kappa shape index (κ1) is 14.1. The van der Waals surface area contributed by atoms with E-state index in [9.17, 15) is 4.79 Å². The normalized spacial score (nSPS) is 24.2. The minimum Gasteiger partial charge on any atom is -0.368 e. The number of hydrogen-bond donors (Lipinski definition) is 1. The zero-order valence-corrected chi connectivity index (χ0v) is 12.2. The first-order chi connectivity index (χ1) is 9.14. The van der Waals surface area contributed by atoms with Gasteiger partial charge in [-0.15, -0.1) is 0 Å². The molecule has 104 valence electrons. The van der Waals surface area contributed by atoms with Gasteiger partial charge in [0, 0.05) is 30.3 Å². The molecule has 0 saturated carbocycles. The lowest BCUT2D eigenvalue weighted by molar-refractivity contribution is -0.119. The van der Waals surface area contributed by atoms with E-state index in [1.807, 2.05) is 32.1 Å². The van der Waals surface area contributed by atoms with Crippen molar-refractivity contribution >= 4 is 5.78 Å². The van der Waals surface area contributed by atoms with Crippen molar-refractivity contribution in [2.24, 2.45) is 0 Å². The summed E-state index contributed by atoms with van der Waals surface area (Å²) in [4.78, 5) is 14.8. The quantitative estimate of drug-likeness (QED) is 0.827. The van der Waals surface area contributed by atoms with Crippen LogP contribution < -0.4 is 5.32 Å². The van der Waals surface area contributed by atoms with Gasteiger partial charge in [0.1, 0.15) is 0 Å². The van der Waals surface area contributed by atoms with Crippen LogP contribution in [-0.4, -0.2) is 36.4 Å². The Hall–Kier alpha value is -1.35. The molecule has 0 aromatic carbocycles. The number of rotatable bonds is 2. The Bertz CT molecular complexity index is 440. The molecule has 2 aliphatic heterocycles. The molecule has 1 fully saturated rings. The third-order valence-electron chi connectivity index (χ3n) is 4.33. The van der Waals surface area contributed by atoms with E-state index in [0.29, 0.717) is 6.42 Å². The lowest BCUT2D eigenvalue weighted by Gasteiger charge is -2.49. The van der Waals surface area contributed by atoms with Crippen LogP contribution in [0.15, 0.2) is 35.6 Å². The molecule has 0 aromatic rings. The zero-order valence-electron chi connectivity index (χ0n) is 12.2. The Labute approximate surface area is 116 Å². The van der Waals surface area contributed by atoms with Crippen LogP contribution in [0.5, 0.6) is 0 Å². The summed E-state index contributed by atoms with van der Waals surface area (Å²) in [5, 5.41) is 3.39. The molecular weight excluding hydrogens is 236 g/mol. The maximum atomic E-state index is 12.5. The van der Waals surface area contributed by atoms with Gasteiger partial charge in [0.2, 0.25) is 0 Å². The van der Waals surface area contributed by atoms with Crippen molar-refractivity contribution in [3.8, 4) is 0 Å². The molecule has 0 amide bonds. The first-order valence-electron chi connectivity index (χ1n) is 7.12. The molecule has 0 radical (unpaired) electrons. The van der Waals surface area contributed by atoms with E-state index in [1.165, 1.54) is 0 Å². The smallest absolute Gasteiger partial charge is 0.167 e. The SMILES string of the molecule is C/C=C\C1=C(/C=C/C)C(=O)CC2(CCNCC2)N1C. The minimum absolute atomic E-state index is 0.0161. The predicted molar refractivity (Wildman–Crippen MR) is 78.9 cm³/mol. The van der Waals surface area contributed by atoms with Gasteiger partial charge in [0.05, 0.1) is 0 Å². The number of likely N-dealkylation sites (N-methyl/N-ethyl adjacent to an activating group) is 1. The number of carbonyl (C=O) groups excluding carboxylic acids is 1. The van der Waals surface area contributed by atoms with Crippen LogP contribution in [0.3, 0.4) is 0 Å². The summed E-state index contributed by atoms with van der Waals surface area (Å²) in [5.74, 6) is 0.284. The average molecular weight is 260 g/mol. The van der Waals surface area contributed by atoms with Crippen molar-refractivity contribution in [1.82, 2.24) is 10.2 Å². The van der Waals surface area contributed by atoms with Crippen molar-refractivity contribution in [2.75, 3.05) is 20.1 Å². The number of nitrogens with one attached hydrogen (secondary N) is 1. The van der Waals surface area contributed by atoms with Crippen molar-refractivity contribution in [1.29, 1.82) is 0 Å². The van der Waals surface area contributed by atoms with Crippen LogP contribution in [0.1, 0.15) is 33.1 Å². The zero-order chi connectivity index (χ0) is 13.9. The second-order valence-corrected chi connectivity index (χ2v) is 5.43. The number of piperidine rings is 1. The van der Waals surface area contributed by atoms with E-state index >= 15 is 0 Å². The first-order valence-corrected chi connectivity index (χ1v) is 7.12. The van der Waals surface area contributed by atoms with Gasteiger partial charge < -0.3 is 10.2 Å². The van der Waals surface area contributed by atoms with Crippen LogP contribution in [0.25, 0.3) is 0 Å². The van der Waals surface area contributed by atoms with Gasteiger partial charge in [0.25, 0.3) is 0 Å². The van der Waals surface area contributed by atoms with Crippen molar-refractivity contribution in [3.05, 3.63) is 35.6 Å². The molecule has 1 N–H and O–H groups in total. The van der Waals surface area contributed by atoms with Gasteiger partial charge in [-0.3, -0.25) is 4.79 Å². The standard InChI is InChI=1S/C16H24N2O/c1-4-6-13-14(7-5-2)18(3)16(12-15(13)19)8-10-17-11-9-16/h4-7,17H,8-12H2,1-3H3/b6-4+,7-5-. The Morgan fingerprint density at radius 3 is 2.37 bits per heavy atom. The van der Waals surface area contributed by atoms with E-state index in [-0.39, 0.29) is 11.3 Å². The third kappa shape index (κ3) is 2.52. The van der Waals surface area contributed by atoms with Crippen molar-refractivity contribution in [3.63, 3.8) is 0 Å². The lowest BCUT2D eigenvalue weighted by atomic mass is 9.77. The molecule has 2 rings (SSSR count). The largest absolute Gasteiger partial charge is 0.368 e. The highest BCUT2D eigenvalue weighted by atomic mass is 16.1. The van der Waals surface area contributed by atoms with E-state index in [4.69, 9.17) is 0 Å². The van der Waals surface area contributed by atoms with E-state index < -0.39 is 0 Å². The summed E-state index contributed by atoms with van der Waals surface area (Å²) >= 11 is 0. The topological polar surface area (TPSA) is 32.3 Å². The summed E-state index contributed by atoms with van der Waals surface area (Å²) in [7, 11) is 2.14. The van der Waals surface area contributed by atoms with Gasteiger partial charge >= 0.3 is 0 Å². The number of ketones is 1. The highest BCUT2D eigenvalue weighted by Crippen LogP contribution is 2.38. The van der Waals surface area contributed by atoms with Crippen LogP contribution in [0, 0.1) is 0 Å². The Morgan fingerprint density at radius 1 is 1.16 bits per heavy atom. The Balaban J connectivity index is 2.45. The summed E-state index contributed by atoms with van der Waals surface area (Å²) in [6.07, 6.45) is 10.7. The second-order valence-electron chi connectivity index (χ2n) is 5.43. The molecule has 0 aliphatic carbocycles. The molecule has 0 atom stereocenters. The third-order valence-corrected chi connectivity index (χ3v) is 4.33. The molecule has 1 saturated heterocycles. The lowest BCUT2D eigenvalue weighted by Crippen LogP contribution is -2.56. The molecule has 2 aliphatic rings. The molecular formula is C16H24N2O. The molecule has 0 unspecified atom stereocenters. The number of carbonyl (C=O) groups is 1. The fraction of sp³-hybridized carbons (Fsp3) is 0.562. The molecule has 3 heteroatoms. The highest BCUT2D eigenvalue weighted by Gasteiger charge is 2.43. The van der Waals surface area contributed by atoms with Crippen molar-refractivity contribution in [2.45, 2.75) is 38.6 Å². The fourth-order valence-corrected chi connectivity index (χ4v) is 3.20. The van der Waals surface area contributed by atoms with Crippen LogP contribution in [0.2, 0.25) is 0 Å². The number of allylic oxidation sites excluding steroid dienone is 5. The summed E-state index contributed by atoms with van der Waals surface area (Å²) in [6, 6.07) is 0.